The molecule has 1 aliphatic heterocycles. The fraction of sp³-hybridized carbons (Fsp3) is 0.455. The van der Waals surface area contributed by atoms with E-state index < -0.39 is 0 Å². The molecule has 7 heteroatoms. The van der Waals surface area contributed by atoms with Crippen molar-refractivity contribution in [2.75, 3.05) is 13.2 Å². The van der Waals surface area contributed by atoms with E-state index in [1.54, 1.807) is 17.6 Å². The first-order valence-electron chi connectivity index (χ1n) is 5.68. The molecule has 0 aliphatic carbocycles. The second kappa shape index (κ2) is 7.18. The predicted octanol–water partition coefficient (Wildman–Crippen LogP) is 2.49. The molecule has 1 atom stereocenters. The molecule has 18 heavy (non-hydrogen) atoms. The summed E-state index contributed by atoms with van der Waals surface area (Å²) in [5, 5.41) is 7.69. The van der Waals surface area contributed by atoms with Crippen LogP contribution in [0.2, 0.25) is 0 Å². The SMILES string of the molecule is S=C(NC[C@@H]1CCCO1)N/N=C\c1ccc(Br)s1. The third kappa shape index (κ3) is 4.64. The molecule has 1 saturated heterocycles. The predicted molar refractivity (Wildman–Crippen MR) is 82.3 cm³/mol. The average Bonchev–Trinajstić information content (AvgIpc) is 2.98. The van der Waals surface area contributed by atoms with Crippen LogP contribution in [0.5, 0.6) is 0 Å². The number of thiophene rings is 1. The van der Waals surface area contributed by atoms with Crippen LogP contribution in [0.15, 0.2) is 21.0 Å². The van der Waals surface area contributed by atoms with Crippen LogP contribution in [0.25, 0.3) is 0 Å². The minimum atomic E-state index is 0.280. The Kier molecular flexibility index (Phi) is 5.55. The average molecular weight is 348 g/mol. The van der Waals surface area contributed by atoms with Crippen molar-refractivity contribution < 1.29 is 4.74 Å². The van der Waals surface area contributed by atoms with E-state index in [0.717, 1.165) is 34.7 Å². The number of nitrogens with one attached hydrogen (secondary N) is 2. The van der Waals surface area contributed by atoms with Gasteiger partial charge in [0.2, 0.25) is 0 Å². The third-order valence-corrected chi connectivity index (χ3v) is 4.26. The first kappa shape index (κ1) is 13.9. The first-order chi connectivity index (χ1) is 8.74. The summed E-state index contributed by atoms with van der Waals surface area (Å²) in [5.41, 5.74) is 2.79. The summed E-state index contributed by atoms with van der Waals surface area (Å²) in [6.07, 6.45) is 4.26. The van der Waals surface area contributed by atoms with E-state index in [4.69, 9.17) is 17.0 Å². The number of rotatable bonds is 4. The molecule has 0 aromatic carbocycles. The van der Waals surface area contributed by atoms with Gasteiger partial charge in [-0.1, -0.05) is 0 Å². The van der Waals surface area contributed by atoms with Gasteiger partial charge in [0, 0.05) is 18.0 Å². The van der Waals surface area contributed by atoms with Gasteiger partial charge < -0.3 is 10.1 Å². The maximum Gasteiger partial charge on any atom is 0.187 e. The summed E-state index contributed by atoms with van der Waals surface area (Å²) < 4.78 is 6.57. The molecule has 1 aromatic rings. The molecule has 2 heterocycles. The highest BCUT2D eigenvalue weighted by atomic mass is 79.9. The fourth-order valence-electron chi connectivity index (χ4n) is 1.60. The van der Waals surface area contributed by atoms with E-state index in [1.165, 1.54) is 0 Å². The van der Waals surface area contributed by atoms with Crippen LogP contribution < -0.4 is 10.7 Å². The smallest absolute Gasteiger partial charge is 0.187 e. The Bertz CT molecular complexity index is 430. The van der Waals surface area contributed by atoms with Crippen molar-refractivity contribution in [3.8, 4) is 0 Å². The maximum absolute atomic E-state index is 5.49. The van der Waals surface area contributed by atoms with E-state index in [1.807, 2.05) is 12.1 Å². The van der Waals surface area contributed by atoms with Crippen LogP contribution in [0.4, 0.5) is 0 Å². The molecule has 0 bridgehead atoms. The number of hydrazone groups is 1. The molecular formula is C11H14BrN3OS2. The lowest BCUT2D eigenvalue weighted by Gasteiger charge is -2.11. The van der Waals surface area contributed by atoms with Crippen molar-refractivity contribution in [2.24, 2.45) is 5.10 Å². The Morgan fingerprint density at radius 2 is 2.56 bits per heavy atom. The number of halogens is 1. The van der Waals surface area contributed by atoms with Gasteiger partial charge in [-0.05, 0) is 53.1 Å². The largest absolute Gasteiger partial charge is 0.376 e. The molecule has 0 saturated carbocycles. The van der Waals surface area contributed by atoms with Crippen LogP contribution in [-0.2, 0) is 4.74 Å². The van der Waals surface area contributed by atoms with Crippen LogP contribution in [0.1, 0.15) is 17.7 Å². The summed E-state index contributed by atoms with van der Waals surface area (Å²) in [7, 11) is 0. The lowest BCUT2D eigenvalue weighted by atomic mass is 10.2. The van der Waals surface area contributed by atoms with E-state index in [9.17, 15) is 0 Å². The molecule has 0 radical (unpaired) electrons. The number of hydrogen-bond acceptors (Lipinski definition) is 4. The highest BCUT2D eigenvalue weighted by Crippen LogP contribution is 2.20. The zero-order valence-corrected chi connectivity index (χ0v) is 12.9. The van der Waals surface area contributed by atoms with Crippen LogP contribution in [0, 0.1) is 0 Å². The molecular weight excluding hydrogens is 334 g/mol. The Hall–Kier alpha value is -0.500. The van der Waals surface area contributed by atoms with E-state index in [2.05, 4.69) is 31.8 Å². The molecule has 1 aliphatic rings. The minimum Gasteiger partial charge on any atom is -0.376 e. The monoisotopic (exact) mass is 347 g/mol. The van der Waals surface area contributed by atoms with Gasteiger partial charge in [0.1, 0.15) is 0 Å². The minimum absolute atomic E-state index is 0.280. The second-order valence-electron chi connectivity index (χ2n) is 3.86. The first-order valence-corrected chi connectivity index (χ1v) is 7.69. The Morgan fingerprint density at radius 1 is 1.67 bits per heavy atom. The van der Waals surface area contributed by atoms with E-state index >= 15 is 0 Å². The molecule has 0 spiro atoms. The van der Waals surface area contributed by atoms with Crippen molar-refractivity contribution in [1.82, 2.24) is 10.7 Å². The Labute approximate surface area is 124 Å². The number of hydrogen-bond donors (Lipinski definition) is 2. The van der Waals surface area contributed by atoms with Crippen molar-refractivity contribution in [3.05, 3.63) is 20.8 Å². The van der Waals surface area contributed by atoms with E-state index in [-0.39, 0.29) is 6.10 Å². The van der Waals surface area contributed by atoms with Gasteiger partial charge in [-0.15, -0.1) is 11.3 Å². The molecule has 4 nitrogen and oxygen atoms in total. The van der Waals surface area contributed by atoms with Gasteiger partial charge in [-0.3, -0.25) is 5.43 Å². The summed E-state index contributed by atoms with van der Waals surface area (Å²) in [6, 6.07) is 3.97. The zero-order chi connectivity index (χ0) is 12.8. The standard InChI is InChI=1S/C11H14BrN3OS2/c12-10-4-3-9(18-10)7-14-15-11(17)13-6-8-2-1-5-16-8/h3-4,7-8H,1-2,5-6H2,(H2,13,15,17)/b14-7-/t8-/m0/s1. The van der Waals surface area contributed by atoms with Crippen LogP contribution >= 0.6 is 39.5 Å². The molecule has 0 unspecified atom stereocenters. The quantitative estimate of drug-likeness (QED) is 0.499. The molecule has 98 valence electrons. The number of ether oxygens (including phenoxy) is 1. The highest BCUT2D eigenvalue weighted by molar-refractivity contribution is 9.11. The zero-order valence-electron chi connectivity index (χ0n) is 9.69. The van der Waals surface area contributed by atoms with Crippen molar-refractivity contribution >= 4 is 50.8 Å². The lowest BCUT2D eigenvalue weighted by Crippen LogP contribution is -2.37. The molecule has 0 amide bonds. The fourth-order valence-corrected chi connectivity index (χ4v) is 3.04. The Balaban J connectivity index is 1.66. The van der Waals surface area contributed by atoms with Gasteiger partial charge in [0.05, 0.1) is 16.1 Å². The molecule has 2 rings (SSSR count). The molecule has 2 N–H and O–H groups in total. The Morgan fingerprint density at radius 3 is 3.22 bits per heavy atom. The van der Waals surface area contributed by atoms with Gasteiger partial charge in [-0.2, -0.15) is 5.10 Å². The summed E-state index contributed by atoms with van der Waals surface area (Å²) in [5.74, 6) is 0. The van der Waals surface area contributed by atoms with Crippen LogP contribution in [0.3, 0.4) is 0 Å². The maximum atomic E-state index is 5.49. The summed E-state index contributed by atoms with van der Waals surface area (Å²) in [6.45, 7) is 1.60. The third-order valence-electron chi connectivity index (χ3n) is 2.47. The van der Waals surface area contributed by atoms with Gasteiger partial charge in [0.15, 0.2) is 5.11 Å². The van der Waals surface area contributed by atoms with Crippen LogP contribution in [-0.4, -0.2) is 30.6 Å². The lowest BCUT2D eigenvalue weighted by molar-refractivity contribution is 0.114. The van der Waals surface area contributed by atoms with Gasteiger partial charge >= 0.3 is 0 Å². The van der Waals surface area contributed by atoms with Crippen molar-refractivity contribution in [3.63, 3.8) is 0 Å². The van der Waals surface area contributed by atoms with Gasteiger partial charge in [-0.25, -0.2) is 0 Å². The van der Waals surface area contributed by atoms with Crippen molar-refractivity contribution in [2.45, 2.75) is 18.9 Å². The second-order valence-corrected chi connectivity index (χ2v) is 6.76. The highest BCUT2D eigenvalue weighted by Gasteiger charge is 2.14. The number of nitrogens with zero attached hydrogens (tertiary/aromatic N) is 1. The summed E-state index contributed by atoms with van der Waals surface area (Å²) in [4.78, 5) is 1.07. The number of thiocarbonyl (C=S) groups is 1. The summed E-state index contributed by atoms with van der Waals surface area (Å²) >= 11 is 10.1. The molecule has 1 fully saturated rings. The van der Waals surface area contributed by atoms with E-state index in [0.29, 0.717) is 5.11 Å². The van der Waals surface area contributed by atoms with Crippen molar-refractivity contribution in [1.29, 1.82) is 0 Å². The topological polar surface area (TPSA) is 45.6 Å². The molecule has 1 aromatic heterocycles. The van der Waals surface area contributed by atoms with Gasteiger partial charge in [0.25, 0.3) is 0 Å². The normalized spacial score (nSPS) is 19.3.